The molecule has 0 heterocycles. The van der Waals surface area contributed by atoms with Crippen LogP contribution in [0, 0.1) is 11.8 Å². The van der Waals surface area contributed by atoms with Crippen LogP contribution in [0.3, 0.4) is 0 Å². The largest absolute Gasteiger partial charge is 0.496 e. The Morgan fingerprint density at radius 2 is 2.13 bits per heavy atom. The second kappa shape index (κ2) is 6.53. The van der Waals surface area contributed by atoms with Crippen LogP contribution < -0.4 is 4.74 Å². The average Bonchev–Trinajstić information content (AvgIpc) is 2.25. The van der Waals surface area contributed by atoms with Crippen molar-refractivity contribution in [2.45, 2.75) is 26.2 Å². The summed E-state index contributed by atoms with van der Waals surface area (Å²) in [6.45, 7) is 2.06. The topological polar surface area (TPSA) is 9.23 Å². The Morgan fingerprint density at radius 1 is 1.33 bits per heavy atom. The fraction of sp³-hybridized carbons (Fsp3) is 0.385. The molecule has 1 nitrogen and oxygen atoms in total. The summed E-state index contributed by atoms with van der Waals surface area (Å²) in [5, 5.41) is 0. The molecule has 0 aliphatic carbocycles. The van der Waals surface area contributed by atoms with Gasteiger partial charge in [0.15, 0.2) is 0 Å². The molecule has 0 spiro atoms. The van der Waals surface area contributed by atoms with Crippen molar-refractivity contribution in [1.29, 1.82) is 0 Å². The molecule has 0 aromatic heterocycles. The predicted octanol–water partition coefficient (Wildman–Crippen LogP) is 3.80. The quantitative estimate of drug-likeness (QED) is 0.757. The zero-order chi connectivity index (χ0) is 11.1. The van der Waals surface area contributed by atoms with Crippen molar-refractivity contribution < 1.29 is 4.74 Å². The highest BCUT2D eigenvalue weighted by atomic mass is 79.9. The van der Waals surface area contributed by atoms with Gasteiger partial charge in [-0.3, -0.25) is 0 Å². The molecular formula is C13H15BrO. The number of hydrogen-bond acceptors (Lipinski definition) is 1. The van der Waals surface area contributed by atoms with E-state index in [1.165, 1.54) is 5.56 Å². The van der Waals surface area contributed by atoms with E-state index in [2.05, 4.69) is 40.8 Å². The van der Waals surface area contributed by atoms with Gasteiger partial charge in [0, 0.05) is 17.3 Å². The van der Waals surface area contributed by atoms with Crippen molar-refractivity contribution >= 4 is 15.9 Å². The molecule has 0 amide bonds. The summed E-state index contributed by atoms with van der Waals surface area (Å²) in [6, 6.07) is 6.05. The molecule has 0 radical (unpaired) electrons. The lowest BCUT2D eigenvalue weighted by atomic mass is 10.1. The molecule has 1 rings (SSSR count). The number of benzene rings is 1. The van der Waals surface area contributed by atoms with E-state index in [0.717, 1.165) is 29.5 Å². The van der Waals surface area contributed by atoms with E-state index in [0.29, 0.717) is 0 Å². The van der Waals surface area contributed by atoms with Gasteiger partial charge in [-0.25, -0.2) is 0 Å². The van der Waals surface area contributed by atoms with E-state index >= 15 is 0 Å². The highest BCUT2D eigenvalue weighted by Gasteiger charge is 2.02. The molecule has 0 aliphatic heterocycles. The third-order valence-electron chi connectivity index (χ3n) is 2.06. The number of hydrogen-bond donors (Lipinski definition) is 0. The van der Waals surface area contributed by atoms with Crippen LogP contribution in [-0.4, -0.2) is 7.11 Å². The van der Waals surface area contributed by atoms with Crippen molar-refractivity contribution in [3.05, 3.63) is 28.2 Å². The Labute approximate surface area is 100.0 Å². The SMILES string of the molecule is CCC#CCCc1cc(Br)ccc1OC. The third kappa shape index (κ3) is 3.97. The molecule has 0 saturated heterocycles. The Kier molecular flexibility index (Phi) is 5.28. The molecular weight excluding hydrogens is 252 g/mol. The fourth-order valence-corrected chi connectivity index (χ4v) is 1.76. The summed E-state index contributed by atoms with van der Waals surface area (Å²) in [7, 11) is 1.70. The maximum Gasteiger partial charge on any atom is 0.122 e. The molecule has 0 bridgehead atoms. The van der Waals surface area contributed by atoms with Crippen LogP contribution in [0.15, 0.2) is 22.7 Å². The maximum atomic E-state index is 5.29. The van der Waals surface area contributed by atoms with E-state index in [9.17, 15) is 0 Å². The number of methoxy groups -OCH3 is 1. The summed E-state index contributed by atoms with van der Waals surface area (Å²) in [6.07, 6.45) is 2.76. The van der Waals surface area contributed by atoms with E-state index in [4.69, 9.17) is 4.74 Å². The number of halogens is 1. The highest BCUT2D eigenvalue weighted by Crippen LogP contribution is 2.23. The summed E-state index contributed by atoms with van der Waals surface area (Å²) >= 11 is 3.46. The van der Waals surface area contributed by atoms with Crippen LogP contribution in [0.5, 0.6) is 5.75 Å². The minimum Gasteiger partial charge on any atom is -0.496 e. The average molecular weight is 267 g/mol. The summed E-state index contributed by atoms with van der Waals surface area (Å²) in [5.41, 5.74) is 1.21. The van der Waals surface area contributed by atoms with E-state index in [1.807, 2.05) is 12.1 Å². The lowest BCUT2D eigenvalue weighted by molar-refractivity contribution is 0.409. The fourth-order valence-electron chi connectivity index (χ4n) is 1.35. The molecule has 15 heavy (non-hydrogen) atoms. The summed E-state index contributed by atoms with van der Waals surface area (Å²) in [4.78, 5) is 0. The minimum atomic E-state index is 0.890. The monoisotopic (exact) mass is 266 g/mol. The summed E-state index contributed by atoms with van der Waals surface area (Å²) in [5.74, 6) is 7.14. The van der Waals surface area contributed by atoms with Crippen LogP contribution in [0.4, 0.5) is 0 Å². The molecule has 0 atom stereocenters. The molecule has 2 heteroatoms. The number of rotatable bonds is 3. The zero-order valence-electron chi connectivity index (χ0n) is 9.14. The minimum absolute atomic E-state index is 0.890. The molecule has 0 unspecified atom stereocenters. The zero-order valence-corrected chi connectivity index (χ0v) is 10.7. The second-order valence-electron chi connectivity index (χ2n) is 3.16. The normalized spacial score (nSPS) is 9.27. The lowest BCUT2D eigenvalue weighted by Gasteiger charge is -2.07. The summed E-state index contributed by atoms with van der Waals surface area (Å²) < 4.78 is 6.37. The van der Waals surface area contributed by atoms with Gasteiger partial charge in [-0.15, -0.1) is 11.8 Å². The second-order valence-corrected chi connectivity index (χ2v) is 4.08. The first-order chi connectivity index (χ1) is 7.27. The standard InChI is InChI=1S/C13H15BrO/c1-3-4-5-6-7-11-10-12(14)8-9-13(11)15-2/h8-10H,3,6-7H2,1-2H3. The van der Waals surface area contributed by atoms with Gasteiger partial charge < -0.3 is 4.74 Å². The van der Waals surface area contributed by atoms with Gasteiger partial charge in [0.2, 0.25) is 0 Å². The van der Waals surface area contributed by atoms with Gasteiger partial charge in [-0.1, -0.05) is 22.9 Å². The number of aryl methyl sites for hydroxylation is 1. The number of ether oxygens (including phenoxy) is 1. The van der Waals surface area contributed by atoms with Gasteiger partial charge in [-0.2, -0.15) is 0 Å². The van der Waals surface area contributed by atoms with Crippen molar-refractivity contribution in [1.82, 2.24) is 0 Å². The Balaban J connectivity index is 2.69. The first-order valence-corrected chi connectivity index (χ1v) is 5.85. The first kappa shape index (κ1) is 12.1. The molecule has 0 N–H and O–H groups in total. The third-order valence-corrected chi connectivity index (χ3v) is 2.56. The smallest absolute Gasteiger partial charge is 0.122 e. The van der Waals surface area contributed by atoms with Crippen molar-refractivity contribution in [3.63, 3.8) is 0 Å². The van der Waals surface area contributed by atoms with Crippen molar-refractivity contribution in [2.24, 2.45) is 0 Å². The van der Waals surface area contributed by atoms with Crippen molar-refractivity contribution in [2.75, 3.05) is 7.11 Å². The highest BCUT2D eigenvalue weighted by molar-refractivity contribution is 9.10. The molecule has 0 saturated carbocycles. The van der Waals surface area contributed by atoms with Crippen LogP contribution in [0.25, 0.3) is 0 Å². The van der Waals surface area contributed by atoms with Gasteiger partial charge in [0.25, 0.3) is 0 Å². The molecule has 1 aromatic rings. The van der Waals surface area contributed by atoms with Gasteiger partial charge in [0.1, 0.15) is 5.75 Å². The van der Waals surface area contributed by atoms with Crippen LogP contribution >= 0.6 is 15.9 Å². The molecule has 80 valence electrons. The van der Waals surface area contributed by atoms with Crippen LogP contribution in [0.2, 0.25) is 0 Å². The van der Waals surface area contributed by atoms with Gasteiger partial charge >= 0.3 is 0 Å². The molecule has 0 aliphatic rings. The van der Waals surface area contributed by atoms with Gasteiger partial charge in [-0.05, 0) is 30.2 Å². The Bertz CT molecular complexity index is 374. The van der Waals surface area contributed by atoms with Gasteiger partial charge in [0.05, 0.1) is 7.11 Å². The van der Waals surface area contributed by atoms with E-state index in [1.54, 1.807) is 7.11 Å². The molecule has 1 aromatic carbocycles. The van der Waals surface area contributed by atoms with E-state index in [-0.39, 0.29) is 0 Å². The van der Waals surface area contributed by atoms with Crippen LogP contribution in [-0.2, 0) is 6.42 Å². The van der Waals surface area contributed by atoms with Crippen molar-refractivity contribution in [3.8, 4) is 17.6 Å². The van der Waals surface area contributed by atoms with E-state index < -0.39 is 0 Å². The first-order valence-electron chi connectivity index (χ1n) is 5.06. The molecule has 0 fully saturated rings. The Hall–Kier alpha value is -0.940. The predicted molar refractivity (Wildman–Crippen MR) is 67.1 cm³/mol. The maximum absolute atomic E-state index is 5.29. The lowest BCUT2D eigenvalue weighted by Crippen LogP contribution is -1.91. The van der Waals surface area contributed by atoms with Crippen LogP contribution in [0.1, 0.15) is 25.3 Å². The Morgan fingerprint density at radius 3 is 2.80 bits per heavy atom.